The highest BCUT2D eigenvalue weighted by Crippen LogP contribution is 2.28. The summed E-state index contributed by atoms with van der Waals surface area (Å²) in [5.41, 5.74) is 1.31. The Kier molecular flexibility index (Phi) is 2.31. The number of fused-ring (bicyclic) bond motifs is 1. The Morgan fingerprint density at radius 2 is 2.31 bits per heavy atom. The highest BCUT2D eigenvalue weighted by molar-refractivity contribution is 7.19. The Labute approximate surface area is 80.9 Å². The molecule has 0 aliphatic carbocycles. The topological polar surface area (TPSA) is 35.2 Å². The van der Waals surface area contributed by atoms with Crippen molar-refractivity contribution in [2.45, 2.75) is 13.5 Å². The molecule has 2 aromatic rings. The van der Waals surface area contributed by atoms with Crippen molar-refractivity contribution in [1.82, 2.24) is 0 Å². The Balaban J connectivity index is 2.55. The maximum atomic E-state index is 5.03. The molecule has 0 aliphatic rings. The minimum atomic E-state index is 0.499. The third-order valence-electron chi connectivity index (χ3n) is 2.02. The Morgan fingerprint density at radius 1 is 1.46 bits per heavy atom. The van der Waals surface area contributed by atoms with Crippen molar-refractivity contribution >= 4 is 21.4 Å². The average Bonchev–Trinajstić information content (AvgIpc) is 2.49. The van der Waals surface area contributed by atoms with E-state index in [2.05, 4.69) is 36.0 Å². The molecule has 2 N–H and O–H groups in total. The van der Waals surface area contributed by atoms with Gasteiger partial charge in [0.15, 0.2) is 0 Å². The fraction of sp³-hybridized carbons (Fsp3) is 0.200. The quantitative estimate of drug-likeness (QED) is 0.744. The van der Waals surface area contributed by atoms with Crippen molar-refractivity contribution in [3.8, 4) is 0 Å². The zero-order chi connectivity index (χ0) is 9.26. The summed E-state index contributed by atoms with van der Waals surface area (Å²) >= 11 is 1.74. The van der Waals surface area contributed by atoms with Crippen LogP contribution in [0.2, 0.25) is 0 Å². The Morgan fingerprint density at radius 3 is 3.00 bits per heavy atom. The van der Waals surface area contributed by atoms with E-state index in [4.69, 9.17) is 5.90 Å². The number of hydrogen-bond donors (Lipinski definition) is 1. The monoisotopic (exact) mass is 193 g/mol. The van der Waals surface area contributed by atoms with Crippen LogP contribution < -0.4 is 5.90 Å². The normalized spacial score (nSPS) is 10.9. The van der Waals surface area contributed by atoms with Crippen LogP contribution >= 0.6 is 11.3 Å². The second-order valence-electron chi connectivity index (χ2n) is 3.02. The zero-order valence-corrected chi connectivity index (χ0v) is 8.23. The molecule has 3 heteroatoms. The average molecular weight is 193 g/mol. The maximum Gasteiger partial charge on any atom is 0.102 e. The van der Waals surface area contributed by atoms with Gasteiger partial charge in [-0.15, -0.1) is 11.3 Å². The van der Waals surface area contributed by atoms with E-state index in [0.717, 1.165) is 0 Å². The summed E-state index contributed by atoms with van der Waals surface area (Å²) in [6, 6.07) is 8.42. The molecule has 1 aromatic heterocycles. The van der Waals surface area contributed by atoms with Crippen LogP contribution in [0.15, 0.2) is 24.3 Å². The summed E-state index contributed by atoms with van der Waals surface area (Å²) in [6.07, 6.45) is 0. The molecule has 1 aromatic carbocycles. The van der Waals surface area contributed by atoms with Crippen LogP contribution in [0.1, 0.15) is 10.4 Å². The second-order valence-corrected chi connectivity index (χ2v) is 4.15. The van der Waals surface area contributed by atoms with E-state index in [9.17, 15) is 0 Å². The van der Waals surface area contributed by atoms with Crippen LogP contribution in [0.25, 0.3) is 10.1 Å². The SMILES string of the molecule is Cc1cccc2cc(CON)sc12. The lowest BCUT2D eigenvalue weighted by Gasteiger charge is -1.92. The van der Waals surface area contributed by atoms with E-state index in [1.165, 1.54) is 20.5 Å². The van der Waals surface area contributed by atoms with Crippen molar-refractivity contribution in [2.75, 3.05) is 0 Å². The summed E-state index contributed by atoms with van der Waals surface area (Å²) in [5.74, 6) is 5.03. The lowest BCUT2D eigenvalue weighted by Crippen LogP contribution is -1.96. The number of benzene rings is 1. The van der Waals surface area contributed by atoms with Crippen LogP contribution in [-0.4, -0.2) is 0 Å². The molecule has 0 saturated heterocycles. The van der Waals surface area contributed by atoms with Gasteiger partial charge in [0.25, 0.3) is 0 Å². The fourth-order valence-corrected chi connectivity index (χ4v) is 2.46. The van der Waals surface area contributed by atoms with Crippen molar-refractivity contribution in [3.05, 3.63) is 34.7 Å². The summed E-state index contributed by atoms with van der Waals surface area (Å²) in [6.45, 7) is 2.62. The predicted molar refractivity (Wildman–Crippen MR) is 55.5 cm³/mol. The molecule has 0 aliphatic heterocycles. The van der Waals surface area contributed by atoms with Gasteiger partial charge in [-0.25, -0.2) is 5.90 Å². The number of thiophene rings is 1. The van der Waals surface area contributed by atoms with Crippen molar-refractivity contribution in [1.29, 1.82) is 0 Å². The summed E-state index contributed by atoms with van der Waals surface area (Å²) in [5, 5.41) is 1.28. The van der Waals surface area contributed by atoms with E-state index < -0.39 is 0 Å². The Hall–Kier alpha value is -0.900. The van der Waals surface area contributed by atoms with Gasteiger partial charge in [0.2, 0.25) is 0 Å². The summed E-state index contributed by atoms with van der Waals surface area (Å²) < 4.78 is 1.33. The molecule has 2 nitrogen and oxygen atoms in total. The number of nitrogens with two attached hydrogens (primary N) is 1. The van der Waals surface area contributed by atoms with Crippen molar-refractivity contribution in [3.63, 3.8) is 0 Å². The molecule has 0 saturated carbocycles. The number of hydrogen-bond acceptors (Lipinski definition) is 3. The molecular weight excluding hydrogens is 182 g/mol. The van der Waals surface area contributed by atoms with Crippen LogP contribution in [0.5, 0.6) is 0 Å². The highest BCUT2D eigenvalue weighted by atomic mass is 32.1. The largest absolute Gasteiger partial charge is 0.299 e. The predicted octanol–water partition coefficient (Wildman–Crippen LogP) is 2.60. The maximum absolute atomic E-state index is 5.03. The van der Waals surface area contributed by atoms with E-state index in [0.29, 0.717) is 6.61 Å². The first-order valence-electron chi connectivity index (χ1n) is 4.11. The van der Waals surface area contributed by atoms with Crippen LogP contribution in [0, 0.1) is 6.92 Å². The van der Waals surface area contributed by atoms with Crippen LogP contribution in [0.3, 0.4) is 0 Å². The van der Waals surface area contributed by atoms with E-state index in [-0.39, 0.29) is 0 Å². The van der Waals surface area contributed by atoms with Gasteiger partial charge in [-0.1, -0.05) is 18.2 Å². The van der Waals surface area contributed by atoms with Gasteiger partial charge in [-0.3, -0.25) is 4.84 Å². The Bertz CT molecular complexity index is 422. The molecule has 0 fully saturated rings. The van der Waals surface area contributed by atoms with E-state index >= 15 is 0 Å². The molecule has 13 heavy (non-hydrogen) atoms. The molecular formula is C10H11NOS. The minimum absolute atomic E-state index is 0.499. The molecule has 0 unspecified atom stereocenters. The van der Waals surface area contributed by atoms with Crippen molar-refractivity contribution in [2.24, 2.45) is 5.90 Å². The van der Waals surface area contributed by atoms with Crippen LogP contribution in [0.4, 0.5) is 0 Å². The van der Waals surface area contributed by atoms with Crippen LogP contribution in [-0.2, 0) is 11.4 Å². The molecule has 2 rings (SSSR count). The zero-order valence-electron chi connectivity index (χ0n) is 7.41. The highest BCUT2D eigenvalue weighted by Gasteiger charge is 2.02. The third kappa shape index (κ3) is 1.58. The molecule has 0 amide bonds. The van der Waals surface area contributed by atoms with Gasteiger partial charge >= 0.3 is 0 Å². The van der Waals surface area contributed by atoms with Gasteiger partial charge in [-0.2, -0.15) is 0 Å². The standard InChI is InChI=1S/C10H11NOS/c1-7-3-2-4-8-5-9(6-12-11)13-10(7)8/h2-5H,6,11H2,1H3. The van der Waals surface area contributed by atoms with Gasteiger partial charge in [-0.05, 0) is 23.9 Å². The van der Waals surface area contributed by atoms with Gasteiger partial charge < -0.3 is 0 Å². The van der Waals surface area contributed by atoms with Gasteiger partial charge in [0.05, 0.1) is 0 Å². The smallest absolute Gasteiger partial charge is 0.102 e. The molecule has 0 spiro atoms. The van der Waals surface area contributed by atoms with Gasteiger partial charge in [0, 0.05) is 9.58 Å². The summed E-state index contributed by atoms with van der Waals surface area (Å²) in [7, 11) is 0. The first-order valence-corrected chi connectivity index (χ1v) is 4.92. The van der Waals surface area contributed by atoms with Gasteiger partial charge in [0.1, 0.15) is 6.61 Å². The van der Waals surface area contributed by atoms with E-state index in [1.54, 1.807) is 11.3 Å². The number of rotatable bonds is 2. The lowest BCUT2D eigenvalue weighted by atomic mass is 10.2. The molecule has 0 atom stereocenters. The first-order chi connectivity index (χ1) is 6.31. The molecule has 0 bridgehead atoms. The molecule has 68 valence electrons. The fourth-order valence-electron chi connectivity index (χ4n) is 1.42. The number of aryl methyl sites for hydroxylation is 1. The second kappa shape index (κ2) is 3.46. The molecule has 1 heterocycles. The van der Waals surface area contributed by atoms with E-state index in [1.807, 2.05) is 0 Å². The molecule has 0 radical (unpaired) electrons. The van der Waals surface area contributed by atoms with Crippen molar-refractivity contribution < 1.29 is 4.84 Å². The third-order valence-corrected chi connectivity index (χ3v) is 3.28. The first kappa shape index (κ1) is 8.69. The summed E-state index contributed by atoms with van der Waals surface area (Å²) in [4.78, 5) is 5.78. The lowest BCUT2D eigenvalue weighted by molar-refractivity contribution is 0.126. The minimum Gasteiger partial charge on any atom is -0.299 e.